The Labute approximate surface area is 113 Å². The summed E-state index contributed by atoms with van der Waals surface area (Å²) in [6.45, 7) is 0.0614. The molecule has 0 spiro atoms. The van der Waals surface area contributed by atoms with Crippen molar-refractivity contribution < 1.29 is 19.8 Å². The normalized spacial score (nSPS) is 17.8. The van der Waals surface area contributed by atoms with Crippen LogP contribution in [0.15, 0.2) is 0 Å². The van der Waals surface area contributed by atoms with Crippen LogP contribution in [0.25, 0.3) is 0 Å². The number of aliphatic hydroxyl groups is 1. The summed E-state index contributed by atoms with van der Waals surface area (Å²) in [4.78, 5) is 24.2. The molecule has 3 N–H and O–H groups in total. The van der Waals surface area contributed by atoms with E-state index in [-0.39, 0.29) is 13.2 Å². The van der Waals surface area contributed by atoms with Crippen LogP contribution in [0.3, 0.4) is 0 Å². The average molecular weight is 272 g/mol. The molecular weight excluding hydrogens is 248 g/mol. The zero-order chi connectivity index (χ0) is 14.3. The van der Waals surface area contributed by atoms with Crippen LogP contribution in [0.5, 0.6) is 0 Å². The third kappa shape index (κ3) is 5.46. The monoisotopic (exact) mass is 272 g/mol. The van der Waals surface area contributed by atoms with E-state index in [4.69, 9.17) is 5.11 Å². The van der Waals surface area contributed by atoms with Crippen molar-refractivity contribution >= 4 is 12.0 Å². The number of nitrogens with one attached hydrogen (secondary N) is 1. The largest absolute Gasteiger partial charge is 0.480 e. The number of amides is 2. The zero-order valence-corrected chi connectivity index (χ0v) is 11.5. The number of rotatable bonds is 6. The minimum absolute atomic E-state index is 0.135. The Morgan fingerprint density at radius 3 is 2.47 bits per heavy atom. The molecule has 1 atom stereocenters. The molecule has 1 aliphatic carbocycles. The topological polar surface area (TPSA) is 89.9 Å². The number of aliphatic carboxylic acids is 1. The van der Waals surface area contributed by atoms with Crippen LogP contribution >= 0.6 is 0 Å². The van der Waals surface area contributed by atoms with Crippen molar-refractivity contribution in [2.24, 2.45) is 5.92 Å². The van der Waals surface area contributed by atoms with E-state index in [0.29, 0.717) is 12.3 Å². The van der Waals surface area contributed by atoms with E-state index >= 15 is 0 Å². The summed E-state index contributed by atoms with van der Waals surface area (Å²) in [6, 6.07) is -1.28. The van der Waals surface area contributed by atoms with Crippen LogP contribution in [0.4, 0.5) is 4.79 Å². The number of carboxylic acid groups (broad SMARTS) is 1. The molecule has 1 saturated carbocycles. The molecular formula is C13H24N2O4. The lowest BCUT2D eigenvalue weighted by Crippen LogP contribution is -2.48. The lowest BCUT2D eigenvalue weighted by molar-refractivity contribution is -0.139. The van der Waals surface area contributed by atoms with Gasteiger partial charge in [0, 0.05) is 13.6 Å². The third-order valence-electron chi connectivity index (χ3n) is 3.67. The number of likely N-dealkylation sites (N-methyl/N-ethyl adjacent to an activating group) is 1. The minimum Gasteiger partial charge on any atom is -0.480 e. The van der Waals surface area contributed by atoms with Crippen molar-refractivity contribution in [1.82, 2.24) is 10.2 Å². The summed E-state index contributed by atoms with van der Waals surface area (Å²) >= 11 is 0. The maximum Gasteiger partial charge on any atom is 0.326 e. The number of nitrogens with zero attached hydrogens (tertiary/aromatic N) is 1. The lowest BCUT2D eigenvalue weighted by Gasteiger charge is -2.26. The molecule has 0 heterocycles. The fourth-order valence-corrected chi connectivity index (χ4v) is 2.49. The van der Waals surface area contributed by atoms with E-state index in [0.717, 1.165) is 25.7 Å². The Bertz CT molecular complexity index is 303. The third-order valence-corrected chi connectivity index (χ3v) is 3.67. The van der Waals surface area contributed by atoms with E-state index in [1.165, 1.54) is 18.4 Å². The van der Waals surface area contributed by atoms with Gasteiger partial charge >= 0.3 is 12.0 Å². The fraction of sp³-hybridized carbons (Fsp3) is 0.846. The molecule has 6 heteroatoms. The van der Waals surface area contributed by atoms with Gasteiger partial charge in [0.15, 0.2) is 0 Å². The van der Waals surface area contributed by atoms with Gasteiger partial charge in [0.25, 0.3) is 0 Å². The Kier molecular flexibility index (Phi) is 6.62. The van der Waals surface area contributed by atoms with Gasteiger partial charge in [-0.2, -0.15) is 0 Å². The fourth-order valence-electron chi connectivity index (χ4n) is 2.49. The number of hydrogen-bond donors (Lipinski definition) is 3. The highest BCUT2D eigenvalue weighted by Gasteiger charge is 2.26. The van der Waals surface area contributed by atoms with Crippen LogP contribution in [-0.4, -0.2) is 53.4 Å². The molecule has 2 amide bonds. The Hall–Kier alpha value is -1.30. The molecule has 0 aromatic heterocycles. The molecule has 1 rings (SSSR count). The van der Waals surface area contributed by atoms with Crippen molar-refractivity contribution in [1.29, 1.82) is 0 Å². The van der Waals surface area contributed by atoms with Gasteiger partial charge in [-0.15, -0.1) is 0 Å². The second-order valence-electron chi connectivity index (χ2n) is 5.23. The highest BCUT2D eigenvalue weighted by Crippen LogP contribution is 2.27. The zero-order valence-electron chi connectivity index (χ0n) is 11.5. The first-order valence-corrected chi connectivity index (χ1v) is 6.90. The number of urea groups is 1. The van der Waals surface area contributed by atoms with E-state index in [9.17, 15) is 14.7 Å². The molecule has 0 aliphatic heterocycles. The lowest BCUT2D eigenvalue weighted by atomic mass is 9.85. The first-order chi connectivity index (χ1) is 9.04. The van der Waals surface area contributed by atoms with Gasteiger partial charge in [-0.05, 0) is 12.3 Å². The highest BCUT2D eigenvalue weighted by molar-refractivity contribution is 5.82. The Morgan fingerprint density at radius 1 is 1.32 bits per heavy atom. The summed E-state index contributed by atoms with van der Waals surface area (Å²) in [5.41, 5.74) is 0. The second-order valence-corrected chi connectivity index (χ2v) is 5.23. The van der Waals surface area contributed by atoms with E-state index in [2.05, 4.69) is 5.32 Å². The number of carbonyl (C=O) groups excluding carboxylic acids is 1. The van der Waals surface area contributed by atoms with Crippen LogP contribution < -0.4 is 5.32 Å². The van der Waals surface area contributed by atoms with Crippen molar-refractivity contribution in [2.75, 3.05) is 20.2 Å². The number of carboxylic acids is 1. The van der Waals surface area contributed by atoms with Crippen LogP contribution in [0.2, 0.25) is 0 Å². The predicted octanol–water partition coefficient (Wildman–Crippen LogP) is 1.04. The maximum atomic E-state index is 11.7. The molecule has 1 fully saturated rings. The first-order valence-electron chi connectivity index (χ1n) is 6.90. The first kappa shape index (κ1) is 15.8. The predicted molar refractivity (Wildman–Crippen MR) is 70.9 cm³/mol. The van der Waals surface area contributed by atoms with E-state index in [1.807, 2.05) is 0 Å². The maximum absolute atomic E-state index is 11.7. The molecule has 0 saturated heterocycles. The minimum atomic E-state index is -0.990. The van der Waals surface area contributed by atoms with Crippen molar-refractivity contribution in [3.63, 3.8) is 0 Å². The van der Waals surface area contributed by atoms with Crippen molar-refractivity contribution in [2.45, 2.75) is 44.6 Å². The smallest absolute Gasteiger partial charge is 0.326 e. The second kappa shape index (κ2) is 7.99. The van der Waals surface area contributed by atoms with Crippen LogP contribution in [0.1, 0.15) is 38.5 Å². The van der Waals surface area contributed by atoms with Gasteiger partial charge in [-0.1, -0.05) is 32.1 Å². The molecule has 110 valence electrons. The Balaban J connectivity index is 2.47. The summed E-state index contributed by atoms with van der Waals surface area (Å²) in [5, 5.41) is 20.5. The highest BCUT2D eigenvalue weighted by atomic mass is 16.4. The van der Waals surface area contributed by atoms with Crippen LogP contribution in [0, 0.1) is 5.92 Å². The summed E-state index contributed by atoms with van der Waals surface area (Å²) < 4.78 is 0. The number of hydrogen-bond acceptors (Lipinski definition) is 3. The van der Waals surface area contributed by atoms with Gasteiger partial charge in [0.1, 0.15) is 6.04 Å². The SMILES string of the molecule is CN(CCO)C(=O)NC(CC1CCCCC1)C(=O)O. The number of aliphatic hydroxyl groups excluding tert-OH is 1. The van der Waals surface area contributed by atoms with E-state index in [1.54, 1.807) is 0 Å². The van der Waals surface area contributed by atoms with Crippen LogP contribution in [-0.2, 0) is 4.79 Å². The summed E-state index contributed by atoms with van der Waals surface area (Å²) in [6.07, 6.45) is 6.11. The molecule has 1 aliphatic rings. The van der Waals surface area contributed by atoms with Gasteiger partial charge in [0.05, 0.1) is 6.61 Å². The van der Waals surface area contributed by atoms with Gasteiger partial charge in [-0.3, -0.25) is 0 Å². The molecule has 0 bridgehead atoms. The summed E-state index contributed by atoms with van der Waals surface area (Å²) in [5.74, 6) is -0.602. The molecule has 0 aromatic rings. The Morgan fingerprint density at radius 2 is 1.95 bits per heavy atom. The summed E-state index contributed by atoms with van der Waals surface area (Å²) in [7, 11) is 1.53. The quantitative estimate of drug-likeness (QED) is 0.674. The van der Waals surface area contributed by atoms with Crippen molar-refractivity contribution in [3.8, 4) is 0 Å². The van der Waals surface area contributed by atoms with Gasteiger partial charge in [0.2, 0.25) is 0 Å². The molecule has 0 aromatic carbocycles. The molecule has 1 unspecified atom stereocenters. The molecule has 6 nitrogen and oxygen atoms in total. The van der Waals surface area contributed by atoms with Gasteiger partial charge < -0.3 is 20.4 Å². The number of carbonyl (C=O) groups is 2. The van der Waals surface area contributed by atoms with E-state index < -0.39 is 18.0 Å². The van der Waals surface area contributed by atoms with Gasteiger partial charge in [-0.25, -0.2) is 9.59 Å². The van der Waals surface area contributed by atoms with Crippen molar-refractivity contribution in [3.05, 3.63) is 0 Å². The molecule has 19 heavy (non-hydrogen) atoms. The standard InChI is InChI=1S/C13H24N2O4/c1-15(7-8-16)13(19)14-11(12(17)18)9-10-5-3-2-4-6-10/h10-11,16H,2-9H2,1H3,(H,14,19)(H,17,18). The molecule has 0 radical (unpaired) electrons. The average Bonchev–Trinajstić information content (AvgIpc) is 2.39.